The molecule has 3 atom stereocenters. The summed E-state index contributed by atoms with van der Waals surface area (Å²) in [6.07, 6.45) is 7.04. The lowest BCUT2D eigenvalue weighted by atomic mass is 10.1. The van der Waals surface area contributed by atoms with E-state index in [0.29, 0.717) is 11.8 Å². The van der Waals surface area contributed by atoms with E-state index in [0.717, 1.165) is 45.2 Å². The first-order valence-corrected chi connectivity index (χ1v) is 8.98. The van der Waals surface area contributed by atoms with Crippen LogP contribution in [0.1, 0.15) is 59.3 Å². The molecule has 4 heteroatoms. The molecule has 0 bridgehead atoms. The second kappa shape index (κ2) is 8.14. The number of hydrogen-bond acceptors (Lipinski definition) is 3. The van der Waals surface area contributed by atoms with Gasteiger partial charge in [-0.15, -0.1) is 0 Å². The molecule has 2 fully saturated rings. The van der Waals surface area contributed by atoms with E-state index < -0.39 is 0 Å². The van der Waals surface area contributed by atoms with Crippen LogP contribution in [-0.4, -0.2) is 54.1 Å². The molecular formula is C17H33N3O. The molecule has 2 aliphatic rings. The number of unbranched alkanes of at least 4 members (excludes halogenated alkanes) is 1. The van der Waals surface area contributed by atoms with Gasteiger partial charge in [0.1, 0.15) is 0 Å². The number of nitrogens with zero attached hydrogens (tertiary/aromatic N) is 2. The Morgan fingerprint density at radius 1 is 1.19 bits per heavy atom. The van der Waals surface area contributed by atoms with Crippen molar-refractivity contribution in [2.24, 2.45) is 5.92 Å². The monoisotopic (exact) mass is 295 g/mol. The zero-order valence-corrected chi connectivity index (χ0v) is 14.1. The Balaban J connectivity index is 1.92. The van der Waals surface area contributed by atoms with Gasteiger partial charge in [0.15, 0.2) is 0 Å². The van der Waals surface area contributed by atoms with Gasteiger partial charge in [-0.1, -0.05) is 40.0 Å². The highest BCUT2D eigenvalue weighted by atomic mass is 16.2. The van der Waals surface area contributed by atoms with Crippen molar-refractivity contribution in [1.82, 2.24) is 15.1 Å². The molecule has 2 aliphatic heterocycles. The fraction of sp³-hybridized carbons (Fsp3) is 0.941. The zero-order valence-electron chi connectivity index (χ0n) is 14.1. The largest absolute Gasteiger partial charge is 0.325 e. The van der Waals surface area contributed by atoms with Crippen molar-refractivity contribution in [2.75, 3.05) is 26.2 Å². The van der Waals surface area contributed by atoms with Crippen molar-refractivity contribution in [3.05, 3.63) is 0 Å². The molecule has 0 saturated carbocycles. The minimum atomic E-state index is 0.0742. The number of hydrogen-bond donors (Lipinski definition) is 1. The van der Waals surface area contributed by atoms with Crippen LogP contribution < -0.4 is 5.32 Å². The first-order chi connectivity index (χ1) is 10.2. The van der Waals surface area contributed by atoms with Crippen molar-refractivity contribution in [2.45, 2.75) is 71.5 Å². The summed E-state index contributed by atoms with van der Waals surface area (Å²) in [6.45, 7) is 11.1. The van der Waals surface area contributed by atoms with E-state index in [4.69, 9.17) is 0 Å². The molecule has 0 radical (unpaired) electrons. The third kappa shape index (κ3) is 4.19. The van der Waals surface area contributed by atoms with Crippen molar-refractivity contribution in [1.29, 1.82) is 0 Å². The SMILES string of the molecule is CCCCC1NC(CCC)N(CC2CCN(CC)C2)C1=O. The molecule has 2 saturated heterocycles. The van der Waals surface area contributed by atoms with Gasteiger partial charge in [0.2, 0.25) is 5.91 Å². The third-order valence-electron chi connectivity index (χ3n) is 5.03. The number of amides is 1. The molecule has 0 aromatic carbocycles. The first-order valence-electron chi connectivity index (χ1n) is 8.98. The van der Waals surface area contributed by atoms with Gasteiger partial charge in [0.05, 0.1) is 12.2 Å². The Bertz CT molecular complexity index is 334. The average Bonchev–Trinajstić information content (AvgIpc) is 3.05. The molecule has 2 rings (SSSR count). The van der Waals surface area contributed by atoms with Crippen LogP contribution in [0, 0.1) is 5.92 Å². The number of carbonyl (C=O) groups excluding carboxylic acids is 1. The molecule has 0 aromatic heterocycles. The van der Waals surface area contributed by atoms with E-state index >= 15 is 0 Å². The Morgan fingerprint density at radius 2 is 2.00 bits per heavy atom. The Labute approximate surface area is 130 Å². The highest BCUT2D eigenvalue weighted by Gasteiger charge is 2.39. The summed E-state index contributed by atoms with van der Waals surface area (Å²) >= 11 is 0. The zero-order chi connectivity index (χ0) is 15.2. The predicted octanol–water partition coefficient (Wildman–Crippen LogP) is 2.45. The summed E-state index contributed by atoms with van der Waals surface area (Å²) in [5.74, 6) is 1.02. The van der Waals surface area contributed by atoms with Gasteiger partial charge in [-0.2, -0.15) is 0 Å². The smallest absolute Gasteiger partial charge is 0.241 e. The van der Waals surface area contributed by atoms with Crippen LogP contribution in [0.2, 0.25) is 0 Å². The van der Waals surface area contributed by atoms with Crippen LogP contribution in [0.4, 0.5) is 0 Å². The third-order valence-corrected chi connectivity index (χ3v) is 5.03. The normalized spacial score (nSPS) is 30.5. The molecule has 122 valence electrons. The maximum atomic E-state index is 12.7. The van der Waals surface area contributed by atoms with Crippen molar-refractivity contribution >= 4 is 5.91 Å². The number of carbonyl (C=O) groups is 1. The highest BCUT2D eigenvalue weighted by Crippen LogP contribution is 2.24. The van der Waals surface area contributed by atoms with Crippen molar-refractivity contribution < 1.29 is 4.79 Å². The second-order valence-corrected chi connectivity index (χ2v) is 6.70. The summed E-state index contributed by atoms with van der Waals surface area (Å²) < 4.78 is 0. The summed E-state index contributed by atoms with van der Waals surface area (Å²) in [6, 6.07) is 0.0742. The standard InChI is InChI=1S/C17H33N3O/c1-4-7-9-15-17(21)20(16(18-15)8-5-2)13-14-10-11-19(6-3)12-14/h14-16,18H,4-13H2,1-3H3. The Kier molecular flexibility index (Phi) is 6.49. The van der Waals surface area contributed by atoms with Crippen LogP contribution in [0.15, 0.2) is 0 Å². The van der Waals surface area contributed by atoms with Gasteiger partial charge in [0, 0.05) is 13.1 Å². The van der Waals surface area contributed by atoms with E-state index in [1.807, 2.05) is 0 Å². The van der Waals surface area contributed by atoms with E-state index in [-0.39, 0.29) is 12.2 Å². The molecular weight excluding hydrogens is 262 g/mol. The molecule has 21 heavy (non-hydrogen) atoms. The number of rotatable bonds is 8. The molecule has 2 heterocycles. The average molecular weight is 295 g/mol. The lowest BCUT2D eigenvalue weighted by Crippen LogP contribution is -2.40. The quantitative estimate of drug-likeness (QED) is 0.747. The summed E-state index contributed by atoms with van der Waals surface area (Å²) in [4.78, 5) is 17.3. The fourth-order valence-corrected chi connectivity index (χ4v) is 3.72. The minimum absolute atomic E-state index is 0.0742. The summed E-state index contributed by atoms with van der Waals surface area (Å²) in [5.41, 5.74) is 0. The lowest BCUT2D eigenvalue weighted by Gasteiger charge is -2.27. The van der Waals surface area contributed by atoms with Crippen LogP contribution in [0.25, 0.3) is 0 Å². The van der Waals surface area contributed by atoms with Gasteiger partial charge < -0.3 is 9.80 Å². The van der Waals surface area contributed by atoms with E-state index in [9.17, 15) is 4.79 Å². The van der Waals surface area contributed by atoms with Crippen molar-refractivity contribution in [3.8, 4) is 0 Å². The van der Waals surface area contributed by atoms with Gasteiger partial charge in [-0.05, 0) is 38.3 Å². The van der Waals surface area contributed by atoms with E-state index in [1.54, 1.807) is 0 Å². The van der Waals surface area contributed by atoms with Gasteiger partial charge in [-0.25, -0.2) is 0 Å². The predicted molar refractivity (Wildman–Crippen MR) is 87.1 cm³/mol. The Hall–Kier alpha value is -0.610. The van der Waals surface area contributed by atoms with E-state index in [1.165, 1.54) is 19.5 Å². The summed E-state index contributed by atoms with van der Waals surface area (Å²) in [7, 11) is 0. The molecule has 4 nitrogen and oxygen atoms in total. The van der Waals surface area contributed by atoms with E-state index in [2.05, 4.69) is 35.9 Å². The lowest BCUT2D eigenvalue weighted by molar-refractivity contribution is -0.130. The molecule has 3 unspecified atom stereocenters. The van der Waals surface area contributed by atoms with Crippen molar-refractivity contribution in [3.63, 3.8) is 0 Å². The fourth-order valence-electron chi connectivity index (χ4n) is 3.72. The molecule has 0 spiro atoms. The number of likely N-dealkylation sites (tertiary alicyclic amines) is 1. The van der Waals surface area contributed by atoms with Gasteiger partial charge in [0.25, 0.3) is 0 Å². The van der Waals surface area contributed by atoms with Crippen LogP contribution in [-0.2, 0) is 4.79 Å². The molecule has 1 amide bonds. The number of nitrogens with one attached hydrogen (secondary N) is 1. The molecule has 0 aliphatic carbocycles. The van der Waals surface area contributed by atoms with Crippen LogP contribution >= 0.6 is 0 Å². The van der Waals surface area contributed by atoms with Crippen LogP contribution in [0.5, 0.6) is 0 Å². The second-order valence-electron chi connectivity index (χ2n) is 6.70. The maximum absolute atomic E-state index is 12.7. The van der Waals surface area contributed by atoms with Gasteiger partial charge >= 0.3 is 0 Å². The maximum Gasteiger partial charge on any atom is 0.241 e. The first kappa shape index (κ1) is 16.8. The van der Waals surface area contributed by atoms with Gasteiger partial charge in [-0.3, -0.25) is 10.1 Å². The summed E-state index contributed by atoms with van der Waals surface area (Å²) in [5, 5.41) is 3.59. The Morgan fingerprint density at radius 3 is 2.62 bits per heavy atom. The van der Waals surface area contributed by atoms with Crippen LogP contribution in [0.3, 0.4) is 0 Å². The molecule has 0 aromatic rings. The molecule has 1 N–H and O–H groups in total. The minimum Gasteiger partial charge on any atom is -0.325 e. The topological polar surface area (TPSA) is 35.6 Å². The highest BCUT2D eigenvalue weighted by molar-refractivity contribution is 5.84.